The predicted octanol–water partition coefficient (Wildman–Crippen LogP) is 3.40. The summed E-state index contributed by atoms with van der Waals surface area (Å²) in [5.41, 5.74) is 0. The van der Waals surface area contributed by atoms with Crippen LogP contribution in [0.3, 0.4) is 0 Å². The first-order valence-electron chi connectivity index (χ1n) is 5.66. The SMILES string of the molecule is CC(F)(F)C(F)(F)CCOC(=O)C1CCCC1. The Bertz CT molecular complexity index is 267. The lowest BCUT2D eigenvalue weighted by molar-refractivity contribution is -0.206. The maximum absolute atomic E-state index is 12.8. The fourth-order valence-corrected chi connectivity index (χ4v) is 1.78. The molecule has 0 unspecified atom stereocenters. The third kappa shape index (κ3) is 3.85. The molecule has 1 fully saturated rings. The molecule has 0 aromatic carbocycles. The third-order valence-electron chi connectivity index (χ3n) is 2.99. The van der Waals surface area contributed by atoms with E-state index in [-0.39, 0.29) is 12.8 Å². The van der Waals surface area contributed by atoms with Crippen molar-refractivity contribution in [2.75, 3.05) is 6.61 Å². The summed E-state index contributed by atoms with van der Waals surface area (Å²) < 4.78 is 55.1. The average molecular weight is 256 g/mol. The first kappa shape index (κ1) is 14.3. The molecule has 1 saturated carbocycles. The van der Waals surface area contributed by atoms with E-state index < -0.39 is 30.8 Å². The van der Waals surface area contributed by atoms with Crippen LogP contribution in [0.1, 0.15) is 39.0 Å². The van der Waals surface area contributed by atoms with Gasteiger partial charge in [-0.15, -0.1) is 0 Å². The van der Waals surface area contributed by atoms with E-state index in [0.717, 1.165) is 12.8 Å². The number of carbonyl (C=O) groups excluding carboxylic acids is 1. The van der Waals surface area contributed by atoms with Crippen LogP contribution in [0, 0.1) is 5.92 Å². The molecule has 0 atom stereocenters. The van der Waals surface area contributed by atoms with Gasteiger partial charge >= 0.3 is 17.8 Å². The van der Waals surface area contributed by atoms with Gasteiger partial charge in [0.25, 0.3) is 0 Å². The molecule has 0 heterocycles. The van der Waals surface area contributed by atoms with Gasteiger partial charge in [0, 0.05) is 6.92 Å². The van der Waals surface area contributed by atoms with Gasteiger partial charge in [-0.05, 0) is 12.8 Å². The summed E-state index contributed by atoms with van der Waals surface area (Å²) in [5, 5.41) is 0. The van der Waals surface area contributed by atoms with Crippen LogP contribution in [0.15, 0.2) is 0 Å². The quantitative estimate of drug-likeness (QED) is 0.556. The van der Waals surface area contributed by atoms with Crippen molar-refractivity contribution in [3.05, 3.63) is 0 Å². The molecule has 100 valence electrons. The molecule has 17 heavy (non-hydrogen) atoms. The Labute approximate surface area is 97.3 Å². The summed E-state index contributed by atoms with van der Waals surface area (Å²) in [6, 6.07) is 0. The Kier molecular flexibility index (Phi) is 4.38. The van der Waals surface area contributed by atoms with Crippen LogP contribution in [-0.2, 0) is 9.53 Å². The highest BCUT2D eigenvalue weighted by Gasteiger charge is 2.51. The van der Waals surface area contributed by atoms with Crippen LogP contribution in [0.4, 0.5) is 17.6 Å². The van der Waals surface area contributed by atoms with Gasteiger partial charge in [0.15, 0.2) is 0 Å². The highest BCUT2D eigenvalue weighted by Crippen LogP contribution is 2.36. The van der Waals surface area contributed by atoms with Crippen LogP contribution in [0.25, 0.3) is 0 Å². The van der Waals surface area contributed by atoms with Crippen molar-refractivity contribution in [1.29, 1.82) is 0 Å². The Morgan fingerprint density at radius 1 is 1.24 bits per heavy atom. The van der Waals surface area contributed by atoms with E-state index in [1.807, 2.05) is 0 Å². The fourth-order valence-electron chi connectivity index (χ4n) is 1.78. The molecule has 6 heteroatoms. The molecular weight excluding hydrogens is 240 g/mol. The number of carbonyl (C=O) groups is 1. The van der Waals surface area contributed by atoms with Crippen molar-refractivity contribution in [3.63, 3.8) is 0 Å². The zero-order valence-electron chi connectivity index (χ0n) is 9.65. The van der Waals surface area contributed by atoms with E-state index in [0.29, 0.717) is 12.8 Å². The zero-order chi connectivity index (χ0) is 13.1. The Balaban J connectivity index is 2.30. The lowest BCUT2D eigenvalue weighted by atomic mass is 10.1. The summed E-state index contributed by atoms with van der Waals surface area (Å²) >= 11 is 0. The molecule has 0 bridgehead atoms. The first-order valence-corrected chi connectivity index (χ1v) is 5.66. The lowest BCUT2D eigenvalue weighted by Gasteiger charge is -2.22. The third-order valence-corrected chi connectivity index (χ3v) is 2.99. The summed E-state index contributed by atoms with van der Waals surface area (Å²) in [6.45, 7) is -0.502. The molecule has 0 amide bonds. The van der Waals surface area contributed by atoms with Crippen LogP contribution < -0.4 is 0 Å². The second kappa shape index (κ2) is 5.23. The Morgan fingerprint density at radius 3 is 2.24 bits per heavy atom. The molecule has 1 rings (SSSR count). The summed E-state index contributed by atoms with van der Waals surface area (Å²) in [7, 11) is 0. The molecule has 0 aromatic rings. The van der Waals surface area contributed by atoms with E-state index in [1.54, 1.807) is 0 Å². The highest BCUT2D eigenvalue weighted by molar-refractivity contribution is 5.72. The monoisotopic (exact) mass is 256 g/mol. The van der Waals surface area contributed by atoms with E-state index in [1.165, 1.54) is 0 Å². The molecule has 2 nitrogen and oxygen atoms in total. The molecule has 0 aromatic heterocycles. The number of hydrogen-bond acceptors (Lipinski definition) is 2. The standard InChI is InChI=1S/C11H16F4O2/c1-10(12,13)11(14,15)6-7-17-9(16)8-4-2-3-5-8/h8H,2-7H2,1H3. The maximum atomic E-state index is 12.8. The average Bonchev–Trinajstić information content (AvgIpc) is 2.67. The number of halogens is 4. The van der Waals surface area contributed by atoms with E-state index in [4.69, 9.17) is 0 Å². The molecule has 0 saturated heterocycles. The fraction of sp³-hybridized carbons (Fsp3) is 0.909. The second-order valence-electron chi connectivity index (χ2n) is 4.49. The van der Waals surface area contributed by atoms with Crippen molar-refractivity contribution in [2.24, 2.45) is 5.92 Å². The van der Waals surface area contributed by atoms with Gasteiger partial charge in [0.2, 0.25) is 0 Å². The van der Waals surface area contributed by atoms with Crippen molar-refractivity contribution in [3.8, 4) is 0 Å². The number of ether oxygens (including phenoxy) is 1. The molecule has 1 aliphatic carbocycles. The maximum Gasteiger partial charge on any atom is 0.313 e. The van der Waals surface area contributed by atoms with Crippen LogP contribution in [0.2, 0.25) is 0 Å². The van der Waals surface area contributed by atoms with Gasteiger partial charge in [0.1, 0.15) is 0 Å². The smallest absolute Gasteiger partial charge is 0.313 e. The normalized spacial score (nSPS) is 18.4. The van der Waals surface area contributed by atoms with Crippen molar-refractivity contribution < 1.29 is 27.1 Å². The van der Waals surface area contributed by atoms with Gasteiger partial charge in [-0.25, -0.2) is 8.78 Å². The minimum Gasteiger partial charge on any atom is -0.465 e. The van der Waals surface area contributed by atoms with Gasteiger partial charge in [0.05, 0.1) is 18.9 Å². The molecule has 1 aliphatic rings. The number of hydrogen-bond donors (Lipinski definition) is 0. The predicted molar refractivity (Wildman–Crippen MR) is 53.1 cm³/mol. The zero-order valence-corrected chi connectivity index (χ0v) is 9.65. The number of esters is 1. The molecule has 0 radical (unpaired) electrons. The number of rotatable bonds is 5. The van der Waals surface area contributed by atoms with E-state index in [2.05, 4.69) is 4.74 Å². The largest absolute Gasteiger partial charge is 0.465 e. The van der Waals surface area contributed by atoms with E-state index in [9.17, 15) is 22.4 Å². The van der Waals surface area contributed by atoms with Crippen LogP contribution in [0.5, 0.6) is 0 Å². The summed E-state index contributed by atoms with van der Waals surface area (Å²) in [6.07, 6.45) is 2.08. The first-order chi connectivity index (χ1) is 7.74. The lowest BCUT2D eigenvalue weighted by Crippen LogP contribution is -2.38. The van der Waals surface area contributed by atoms with E-state index >= 15 is 0 Å². The molecule has 0 aliphatic heterocycles. The van der Waals surface area contributed by atoms with Crippen molar-refractivity contribution >= 4 is 5.97 Å². The topological polar surface area (TPSA) is 26.3 Å². The van der Waals surface area contributed by atoms with Crippen LogP contribution in [-0.4, -0.2) is 24.4 Å². The number of alkyl halides is 4. The van der Waals surface area contributed by atoms with Crippen molar-refractivity contribution in [1.82, 2.24) is 0 Å². The summed E-state index contributed by atoms with van der Waals surface area (Å²) in [5.74, 6) is -9.01. The minimum atomic E-state index is -4.14. The minimum absolute atomic E-state index is 0.159. The second-order valence-corrected chi connectivity index (χ2v) is 4.49. The van der Waals surface area contributed by atoms with Gasteiger partial charge in [-0.1, -0.05) is 12.8 Å². The van der Waals surface area contributed by atoms with Gasteiger partial charge in [-0.3, -0.25) is 4.79 Å². The van der Waals surface area contributed by atoms with Crippen molar-refractivity contribution in [2.45, 2.75) is 50.9 Å². The highest BCUT2D eigenvalue weighted by atomic mass is 19.3. The molecular formula is C11H16F4O2. The van der Waals surface area contributed by atoms with Gasteiger partial charge in [-0.2, -0.15) is 8.78 Å². The van der Waals surface area contributed by atoms with Gasteiger partial charge < -0.3 is 4.74 Å². The molecule has 0 N–H and O–H groups in total. The summed E-state index contributed by atoms with van der Waals surface area (Å²) in [4.78, 5) is 11.3. The Hall–Kier alpha value is -0.810. The molecule has 0 spiro atoms. The van der Waals surface area contributed by atoms with Crippen LogP contribution >= 0.6 is 0 Å². The Morgan fingerprint density at radius 2 is 1.76 bits per heavy atom.